The van der Waals surface area contributed by atoms with Crippen molar-refractivity contribution in [1.29, 1.82) is 0 Å². The van der Waals surface area contributed by atoms with Gasteiger partial charge in [-0.1, -0.05) is 19.8 Å². The van der Waals surface area contributed by atoms with Gasteiger partial charge in [-0.15, -0.1) is 0 Å². The van der Waals surface area contributed by atoms with Crippen LogP contribution in [-0.2, 0) is 6.54 Å². The molecular weight excluding hydrogens is 242 g/mol. The summed E-state index contributed by atoms with van der Waals surface area (Å²) in [4.78, 5) is 18.7. The fourth-order valence-electron chi connectivity index (χ4n) is 2.83. The topological polar surface area (TPSA) is 58.4 Å². The minimum atomic E-state index is -0.0373. The number of aliphatic hydroxyl groups is 1. The van der Waals surface area contributed by atoms with Crippen molar-refractivity contribution in [1.82, 2.24) is 9.55 Å². The monoisotopic (exact) mass is 265 g/mol. The first-order chi connectivity index (χ1) is 9.27. The van der Waals surface area contributed by atoms with Gasteiger partial charge in [-0.25, -0.2) is 4.98 Å². The number of aromatic nitrogens is 2. The normalized spacial score (nSPS) is 15.9. The van der Waals surface area contributed by atoms with Gasteiger partial charge in [0.05, 0.1) is 6.61 Å². The third kappa shape index (κ3) is 3.15. The van der Waals surface area contributed by atoms with Crippen LogP contribution in [0, 0.1) is 0 Å². The highest BCUT2D eigenvalue weighted by Crippen LogP contribution is 2.25. The molecule has 1 heterocycles. The molecule has 0 atom stereocenters. The highest BCUT2D eigenvalue weighted by atomic mass is 16.3. The Kier molecular flexibility index (Phi) is 4.96. The van der Waals surface area contributed by atoms with Crippen molar-refractivity contribution < 1.29 is 5.11 Å². The molecule has 0 aromatic carbocycles. The van der Waals surface area contributed by atoms with Gasteiger partial charge in [0.1, 0.15) is 0 Å². The van der Waals surface area contributed by atoms with Crippen molar-refractivity contribution in [3.05, 3.63) is 22.7 Å². The first-order valence-corrected chi connectivity index (χ1v) is 7.21. The standard InChI is InChI=1S/C14H23N3O2/c1-2-8-16-9-7-15-13(14(16)19)17(10-11-18)12-5-3-4-6-12/h7,9,12,18H,2-6,8,10-11H2,1H3. The first kappa shape index (κ1) is 14.1. The molecule has 5 heteroatoms. The third-order valence-corrected chi connectivity index (χ3v) is 3.74. The predicted octanol–water partition coefficient (Wildman–Crippen LogP) is 1.39. The van der Waals surface area contributed by atoms with Crippen LogP contribution >= 0.6 is 0 Å². The summed E-state index contributed by atoms with van der Waals surface area (Å²) in [5.74, 6) is 0.497. The maximum atomic E-state index is 12.4. The minimum absolute atomic E-state index is 0.0373. The van der Waals surface area contributed by atoms with Crippen molar-refractivity contribution in [2.45, 2.75) is 51.6 Å². The van der Waals surface area contributed by atoms with Crippen LogP contribution in [0.1, 0.15) is 39.0 Å². The van der Waals surface area contributed by atoms with Gasteiger partial charge < -0.3 is 14.6 Å². The van der Waals surface area contributed by atoms with Crippen LogP contribution < -0.4 is 10.5 Å². The number of nitrogens with zero attached hydrogens (tertiary/aromatic N) is 3. The molecule has 0 aliphatic heterocycles. The largest absolute Gasteiger partial charge is 0.395 e. The molecule has 1 saturated carbocycles. The average molecular weight is 265 g/mol. The molecule has 0 bridgehead atoms. The summed E-state index contributed by atoms with van der Waals surface area (Å²) in [5, 5.41) is 9.24. The van der Waals surface area contributed by atoms with Crippen LogP contribution in [0.15, 0.2) is 17.2 Å². The Hall–Kier alpha value is -1.36. The number of anilines is 1. The number of aliphatic hydroxyl groups excluding tert-OH is 1. The fraction of sp³-hybridized carbons (Fsp3) is 0.714. The number of rotatable bonds is 6. The zero-order chi connectivity index (χ0) is 13.7. The van der Waals surface area contributed by atoms with Gasteiger partial charge in [0.25, 0.3) is 5.56 Å². The first-order valence-electron chi connectivity index (χ1n) is 7.21. The van der Waals surface area contributed by atoms with Crippen LogP contribution in [0.2, 0.25) is 0 Å². The highest BCUT2D eigenvalue weighted by molar-refractivity contribution is 5.37. The van der Waals surface area contributed by atoms with E-state index in [2.05, 4.69) is 11.9 Å². The van der Waals surface area contributed by atoms with Crippen LogP contribution in [0.4, 0.5) is 5.82 Å². The Balaban J connectivity index is 2.30. The lowest BCUT2D eigenvalue weighted by atomic mass is 10.2. The fourth-order valence-corrected chi connectivity index (χ4v) is 2.83. The Morgan fingerprint density at radius 2 is 2.21 bits per heavy atom. The van der Waals surface area contributed by atoms with Crippen molar-refractivity contribution >= 4 is 5.82 Å². The molecule has 0 unspecified atom stereocenters. The molecule has 2 rings (SSSR count). The van der Waals surface area contributed by atoms with E-state index in [9.17, 15) is 9.90 Å². The van der Waals surface area contributed by atoms with Crippen LogP contribution in [0.5, 0.6) is 0 Å². The molecule has 0 spiro atoms. The number of aryl methyl sites for hydroxylation is 1. The molecule has 1 aromatic rings. The average Bonchev–Trinajstić information content (AvgIpc) is 2.93. The zero-order valence-electron chi connectivity index (χ0n) is 11.6. The quantitative estimate of drug-likeness (QED) is 0.844. The molecule has 1 aromatic heterocycles. The van der Waals surface area contributed by atoms with Crippen LogP contribution in [0.25, 0.3) is 0 Å². The van der Waals surface area contributed by atoms with Gasteiger partial charge in [0.2, 0.25) is 0 Å². The van der Waals surface area contributed by atoms with Crippen molar-refractivity contribution in [2.24, 2.45) is 0 Å². The maximum Gasteiger partial charge on any atom is 0.293 e. The zero-order valence-corrected chi connectivity index (χ0v) is 11.6. The Labute approximate surface area is 113 Å². The molecule has 5 nitrogen and oxygen atoms in total. The lowest BCUT2D eigenvalue weighted by Crippen LogP contribution is -2.41. The molecule has 19 heavy (non-hydrogen) atoms. The predicted molar refractivity (Wildman–Crippen MR) is 75.5 cm³/mol. The second-order valence-corrected chi connectivity index (χ2v) is 5.10. The molecule has 0 radical (unpaired) electrons. The molecule has 1 aliphatic carbocycles. The molecule has 1 N–H and O–H groups in total. The van der Waals surface area contributed by atoms with Crippen molar-refractivity contribution in [3.8, 4) is 0 Å². The van der Waals surface area contributed by atoms with Gasteiger partial charge >= 0.3 is 0 Å². The second-order valence-electron chi connectivity index (χ2n) is 5.10. The third-order valence-electron chi connectivity index (χ3n) is 3.74. The van der Waals surface area contributed by atoms with Gasteiger partial charge in [-0.3, -0.25) is 4.79 Å². The van der Waals surface area contributed by atoms with E-state index in [1.54, 1.807) is 17.0 Å². The van der Waals surface area contributed by atoms with E-state index < -0.39 is 0 Å². The lowest BCUT2D eigenvalue weighted by Gasteiger charge is -2.29. The minimum Gasteiger partial charge on any atom is -0.395 e. The van der Waals surface area contributed by atoms with E-state index in [-0.39, 0.29) is 12.2 Å². The Bertz CT molecular complexity index is 452. The van der Waals surface area contributed by atoms with Gasteiger partial charge in [0, 0.05) is 31.5 Å². The van der Waals surface area contributed by atoms with E-state index in [0.29, 0.717) is 24.9 Å². The second kappa shape index (κ2) is 6.70. The highest BCUT2D eigenvalue weighted by Gasteiger charge is 2.25. The van der Waals surface area contributed by atoms with Gasteiger partial charge in [-0.05, 0) is 19.3 Å². The molecule has 1 fully saturated rings. The summed E-state index contributed by atoms with van der Waals surface area (Å²) in [6.45, 7) is 3.31. The molecule has 106 valence electrons. The molecule has 1 aliphatic rings. The van der Waals surface area contributed by atoms with Crippen molar-refractivity contribution in [3.63, 3.8) is 0 Å². The van der Waals surface area contributed by atoms with E-state index in [4.69, 9.17) is 0 Å². The van der Waals surface area contributed by atoms with Crippen LogP contribution in [-0.4, -0.2) is 33.9 Å². The summed E-state index contributed by atoms with van der Waals surface area (Å²) in [7, 11) is 0. The smallest absolute Gasteiger partial charge is 0.293 e. The summed E-state index contributed by atoms with van der Waals surface area (Å²) < 4.78 is 1.71. The van der Waals surface area contributed by atoms with Gasteiger partial charge in [0.15, 0.2) is 5.82 Å². The number of hydrogen-bond donors (Lipinski definition) is 1. The van der Waals surface area contributed by atoms with E-state index in [1.807, 2.05) is 4.90 Å². The SMILES string of the molecule is CCCn1ccnc(N(CCO)C2CCCC2)c1=O. The maximum absolute atomic E-state index is 12.4. The van der Waals surface area contributed by atoms with E-state index in [1.165, 1.54) is 12.8 Å². The molecule has 0 saturated heterocycles. The van der Waals surface area contributed by atoms with Crippen molar-refractivity contribution in [2.75, 3.05) is 18.1 Å². The van der Waals surface area contributed by atoms with Crippen LogP contribution in [0.3, 0.4) is 0 Å². The summed E-state index contributed by atoms with van der Waals surface area (Å²) >= 11 is 0. The Morgan fingerprint density at radius 3 is 2.84 bits per heavy atom. The number of hydrogen-bond acceptors (Lipinski definition) is 4. The summed E-state index contributed by atoms with van der Waals surface area (Å²) in [6.07, 6.45) is 8.92. The molecular formula is C14H23N3O2. The van der Waals surface area contributed by atoms with Gasteiger partial charge in [-0.2, -0.15) is 0 Å². The summed E-state index contributed by atoms with van der Waals surface area (Å²) in [6, 6.07) is 0.352. The Morgan fingerprint density at radius 1 is 1.47 bits per heavy atom. The molecule has 0 amide bonds. The lowest BCUT2D eigenvalue weighted by molar-refractivity contribution is 0.296. The van der Waals surface area contributed by atoms with E-state index >= 15 is 0 Å². The summed E-state index contributed by atoms with van der Waals surface area (Å²) in [5.41, 5.74) is -0.0373. The van der Waals surface area contributed by atoms with E-state index in [0.717, 1.165) is 19.3 Å².